The zero-order chi connectivity index (χ0) is 37.3. The van der Waals surface area contributed by atoms with E-state index in [-0.39, 0.29) is 11.6 Å². The predicted molar refractivity (Wildman–Crippen MR) is 217 cm³/mol. The zero-order valence-electron chi connectivity index (χ0n) is 29.9. The first kappa shape index (κ1) is 37.1. The number of anilines is 3. The number of benzene rings is 4. The molecule has 8 nitrogen and oxygen atoms in total. The lowest BCUT2D eigenvalue weighted by molar-refractivity contribution is -0.116. The normalized spacial score (nSPS) is 14.3. The Kier molecular flexibility index (Phi) is 12.1. The number of carbonyl (C=O) groups is 3. The average Bonchev–Trinajstić information content (AvgIpc) is 3.53. The molecule has 1 aliphatic carbocycles. The summed E-state index contributed by atoms with van der Waals surface area (Å²) in [6.07, 6.45) is 4.84. The van der Waals surface area contributed by atoms with Gasteiger partial charge in [0.2, 0.25) is 5.91 Å². The Morgan fingerprint density at radius 1 is 0.943 bits per heavy atom. The van der Waals surface area contributed by atoms with Crippen molar-refractivity contribution in [1.29, 1.82) is 5.26 Å². The molecule has 3 N–H and O–H groups in total. The van der Waals surface area contributed by atoms with Crippen molar-refractivity contribution < 1.29 is 14.4 Å². The van der Waals surface area contributed by atoms with E-state index in [1.165, 1.54) is 33.5 Å². The summed E-state index contributed by atoms with van der Waals surface area (Å²) in [6, 6.07) is 36.5. The van der Waals surface area contributed by atoms with Gasteiger partial charge in [-0.1, -0.05) is 73.7 Å². The Balaban J connectivity index is 1.15. The molecule has 4 aromatic carbocycles. The first-order valence-corrected chi connectivity index (χ1v) is 19.3. The summed E-state index contributed by atoms with van der Waals surface area (Å²) < 4.78 is 0. The Labute approximate surface area is 318 Å². The van der Waals surface area contributed by atoms with Crippen LogP contribution in [0.3, 0.4) is 0 Å². The van der Waals surface area contributed by atoms with Crippen molar-refractivity contribution >= 4 is 63.3 Å². The van der Waals surface area contributed by atoms with Gasteiger partial charge in [0.15, 0.2) is 0 Å². The largest absolute Gasteiger partial charge is 0.378 e. The smallest absolute Gasteiger partial charge is 0.272 e. The molecule has 0 radical (unpaired) electrons. The molecule has 3 amide bonds. The predicted octanol–water partition coefficient (Wildman–Crippen LogP) is 8.88. The summed E-state index contributed by atoms with van der Waals surface area (Å²) in [4.78, 5) is 44.4. The van der Waals surface area contributed by atoms with Gasteiger partial charge in [0.1, 0.15) is 16.8 Å². The molecule has 0 spiro atoms. The number of carbonyl (C=O) groups excluding carboxylic acids is 3. The Hall–Kier alpha value is -5.63. The van der Waals surface area contributed by atoms with Gasteiger partial charge in [-0.3, -0.25) is 14.4 Å². The second-order valence-corrected chi connectivity index (χ2v) is 15.4. The van der Waals surface area contributed by atoms with Gasteiger partial charge in [0.25, 0.3) is 11.8 Å². The van der Waals surface area contributed by atoms with Crippen molar-refractivity contribution in [2.24, 2.45) is 0 Å². The van der Waals surface area contributed by atoms with E-state index in [9.17, 15) is 19.6 Å². The minimum Gasteiger partial charge on any atom is -0.378 e. The van der Waals surface area contributed by atoms with E-state index in [4.69, 9.17) is 0 Å². The number of rotatable bonds is 12. The fraction of sp³-hybridized carbons (Fsp3) is 0.209. The molecule has 5 aromatic rings. The van der Waals surface area contributed by atoms with Crippen LogP contribution in [0.1, 0.15) is 63.2 Å². The van der Waals surface area contributed by atoms with Crippen molar-refractivity contribution in [3.63, 3.8) is 0 Å². The van der Waals surface area contributed by atoms with Gasteiger partial charge in [0.05, 0.1) is 10.8 Å². The summed E-state index contributed by atoms with van der Waals surface area (Å²) in [5.41, 5.74) is 5.72. The molecule has 0 bridgehead atoms. The maximum atomic E-state index is 13.7. The second-order valence-electron chi connectivity index (χ2n) is 13.0. The molecule has 6 rings (SSSR count). The van der Waals surface area contributed by atoms with Crippen LogP contribution < -0.4 is 20.9 Å². The quantitative estimate of drug-likeness (QED) is 0.0871. The first-order valence-electron chi connectivity index (χ1n) is 17.6. The van der Waals surface area contributed by atoms with E-state index in [1.54, 1.807) is 36.4 Å². The van der Waals surface area contributed by atoms with Crippen molar-refractivity contribution in [2.45, 2.75) is 48.7 Å². The third-order valence-electron chi connectivity index (χ3n) is 9.17. The van der Waals surface area contributed by atoms with Crippen LogP contribution in [0.2, 0.25) is 0 Å². The number of thiophene rings is 1. The van der Waals surface area contributed by atoms with Crippen LogP contribution in [-0.2, 0) is 22.4 Å². The molecule has 10 heteroatoms. The topological polar surface area (TPSA) is 114 Å². The minimum atomic E-state index is -0.488. The highest BCUT2D eigenvalue weighted by atomic mass is 32.2. The number of hydrogen-bond acceptors (Lipinski definition) is 7. The number of amides is 3. The number of thioether (sulfide) groups is 1. The van der Waals surface area contributed by atoms with Crippen molar-refractivity contribution in [3.8, 4) is 6.07 Å². The lowest BCUT2D eigenvalue weighted by Crippen LogP contribution is -2.30. The molecule has 268 valence electrons. The molecule has 1 aliphatic rings. The number of hydrogen-bond donors (Lipinski definition) is 3. The van der Waals surface area contributed by atoms with Crippen LogP contribution >= 0.6 is 23.1 Å². The highest BCUT2D eigenvalue weighted by Crippen LogP contribution is 2.42. The molecular weight excluding hydrogens is 699 g/mol. The van der Waals surface area contributed by atoms with Gasteiger partial charge in [0, 0.05) is 40.8 Å². The fourth-order valence-corrected chi connectivity index (χ4v) is 8.60. The molecule has 0 aliphatic heterocycles. The molecule has 0 saturated heterocycles. The minimum absolute atomic E-state index is 0.0855. The lowest BCUT2D eigenvalue weighted by atomic mass is 9.83. The lowest BCUT2D eigenvalue weighted by Gasteiger charge is -2.22. The van der Waals surface area contributed by atoms with E-state index >= 15 is 0 Å². The van der Waals surface area contributed by atoms with Crippen LogP contribution in [0.25, 0.3) is 6.08 Å². The fourth-order valence-electron chi connectivity index (χ4n) is 6.30. The van der Waals surface area contributed by atoms with Crippen LogP contribution in [0, 0.1) is 11.3 Å². The molecule has 1 heterocycles. The standard InChI is InChI=1S/C43H41N5O3S2/c1-4-38(42(51)47-43-36(27-44)35-23-20-31(25-39(35)53-43)29-12-7-5-8-13-29)52-34-17-11-16-32(26-34)45-41(50)37(46-40(49)30-14-9-6-10-15-30)24-28-18-21-33(22-19-28)48(2)3/h5-19,21-22,24,26,31,38H,4,20,23,25H2,1-3H3,(H,45,50)(H,46,49)(H,47,51)/b37-24+. The maximum Gasteiger partial charge on any atom is 0.272 e. The number of nitriles is 1. The van der Waals surface area contributed by atoms with Gasteiger partial charge in [-0.05, 0) is 96.8 Å². The van der Waals surface area contributed by atoms with Crippen molar-refractivity contribution in [2.75, 3.05) is 29.6 Å². The van der Waals surface area contributed by atoms with Gasteiger partial charge in [-0.2, -0.15) is 5.26 Å². The molecular formula is C43H41N5O3S2. The Morgan fingerprint density at radius 2 is 1.66 bits per heavy atom. The Morgan fingerprint density at radius 3 is 2.34 bits per heavy atom. The molecule has 0 fully saturated rings. The summed E-state index contributed by atoms with van der Waals surface area (Å²) in [5.74, 6) is -0.667. The summed E-state index contributed by atoms with van der Waals surface area (Å²) in [6.45, 7) is 1.95. The number of fused-ring (bicyclic) bond motifs is 1. The van der Waals surface area contributed by atoms with Crippen molar-refractivity contribution in [3.05, 3.63) is 148 Å². The van der Waals surface area contributed by atoms with Crippen LogP contribution in [0.4, 0.5) is 16.4 Å². The van der Waals surface area contributed by atoms with E-state index in [0.29, 0.717) is 34.2 Å². The van der Waals surface area contributed by atoms with Crippen LogP contribution in [0.5, 0.6) is 0 Å². The third kappa shape index (κ3) is 9.24. The molecule has 2 atom stereocenters. The summed E-state index contributed by atoms with van der Waals surface area (Å²) in [5, 5.41) is 19.1. The number of nitrogens with one attached hydrogen (secondary N) is 3. The van der Waals surface area contributed by atoms with Gasteiger partial charge < -0.3 is 20.9 Å². The van der Waals surface area contributed by atoms with E-state index in [2.05, 4.69) is 46.3 Å². The maximum absolute atomic E-state index is 13.7. The van der Waals surface area contributed by atoms with E-state index < -0.39 is 17.1 Å². The van der Waals surface area contributed by atoms with E-state index in [0.717, 1.165) is 41.0 Å². The zero-order valence-corrected chi connectivity index (χ0v) is 31.5. The Bertz CT molecular complexity index is 2160. The van der Waals surface area contributed by atoms with Gasteiger partial charge in [-0.25, -0.2) is 0 Å². The van der Waals surface area contributed by atoms with E-state index in [1.807, 2.05) is 80.5 Å². The third-order valence-corrected chi connectivity index (χ3v) is 11.7. The molecule has 2 unspecified atom stereocenters. The molecule has 1 aromatic heterocycles. The molecule has 53 heavy (non-hydrogen) atoms. The monoisotopic (exact) mass is 739 g/mol. The SMILES string of the molecule is CCC(Sc1cccc(NC(=O)/C(=C\c2ccc(N(C)C)cc2)NC(=O)c2ccccc2)c1)C(=O)Nc1sc2c(c1C#N)CCC(c1ccccc1)C2. The van der Waals surface area contributed by atoms with Crippen molar-refractivity contribution in [1.82, 2.24) is 5.32 Å². The first-order chi connectivity index (χ1) is 25.7. The molecule has 0 saturated carbocycles. The summed E-state index contributed by atoms with van der Waals surface area (Å²) >= 11 is 2.91. The number of nitrogens with zero attached hydrogens (tertiary/aromatic N) is 2. The highest BCUT2D eigenvalue weighted by Gasteiger charge is 2.28. The van der Waals surface area contributed by atoms with Crippen LogP contribution in [-0.4, -0.2) is 37.1 Å². The second kappa shape index (κ2) is 17.3. The van der Waals surface area contributed by atoms with Crippen LogP contribution in [0.15, 0.2) is 120 Å². The van der Waals surface area contributed by atoms with Gasteiger partial charge >= 0.3 is 0 Å². The summed E-state index contributed by atoms with van der Waals surface area (Å²) in [7, 11) is 3.90. The average molecular weight is 740 g/mol. The van der Waals surface area contributed by atoms with Gasteiger partial charge in [-0.15, -0.1) is 23.1 Å². The highest BCUT2D eigenvalue weighted by molar-refractivity contribution is 8.00.